The molecular weight excluding hydrogens is 528 g/mol. The number of hydrogen-bond donors (Lipinski definition) is 1. The van der Waals surface area contributed by atoms with Crippen molar-refractivity contribution in [2.24, 2.45) is 5.92 Å². The lowest BCUT2D eigenvalue weighted by atomic mass is 9.94. The average Bonchev–Trinajstić information content (AvgIpc) is 3.55. The molecule has 2 atom stereocenters. The zero-order chi connectivity index (χ0) is 28.7. The van der Waals surface area contributed by atoms with Crippen LogP contribution in [-0.2, 0) is 16.0 Å². The average molecular weight is 561 g/mol. The van der Waals surface area contributed by atoms with Crippen LogP contribution >= 0.6 is 11.3 Å². The Kier molecular flexibility index (Phi) is 7.51. The van der Waals surface area contributed by atoms with Crippen molar-refractivity contribution in [2.75, 3.05) is 11.5 Å². The van der Waals surface area contributed by atoms with E-state index in [-0.39, 0.29) is 28.4 Å². The van der Waals surface area contributed by atoms with Crippen LogP contribution in [0.3, 0.4) is 0 Å². The van der Waals surface area contributed by atoms with E-state index in [9.17, 15) is 19.5 Å². The molecule has 1 saturated heterocycles. The topological polar surface area (TPSA) is 106 Å². The molecule has 0 radical (unpaired) electrons. The first-order valence-electron chi connectivity index (χ1n) is 13.4. The molecule has 2 unspecified atom stereocenters. The molecule has 1 fully saturated rings. The highest BCUT2D eigenvalue weighted by molar-refractivity contribution is 7.18. The molecule has 0 spiro atoms. The predicted molar refractivity (Wildman–Crippen MR) is 153 cm³/mol. The number of nitrogens with zero attached hydrogens (tertiary/aromatic N) is 2. The highest BCUT2D eigenvalue weighted by atomic mass is 32.1. The SMILES string of the molecule is CC(=O)c1sc(N2C(=O)C(=O)/C(=C(/O)c3ccc4c(c3)CC(C)O4)C2c2cccc(OCCC(C)C)c2)nc1C. The van der Waals surface area contributed by atoms with Gasteiger partial charge < -0.3 is 14.6 Å². The zero-order valence-corrected chi connectivity index (χ0v) is 24.0. The van der Waals surface area contributed by atoms with Gasteiger partial charge in [-0.3, -0.25) is 19.3 Å². The van der Waals surface area contributed by atoms with Gasteiger partial charge in [0.2, 0.25) is 0 Å². The van der Waals surface area contributed by atoms with Gasteiger partial charge in [-0.1, -0.05) is 37.3 Å². The summed E-state index contributed by atoms with van der Waals surface area (Å²) in [6.45, 7) is 9.84. The van der Waals surface area contributed by atoms with Crippen molar-refractivity contribution in [1.29, 1.82) is 0 Å². The molecule has 2 aromatic carbocycles. The summed E-state index contributed by atoms with van der Waals surface area (Å²) in [7, 11) is 0. The van der Waals surface area contributed by atoms with Crippen molar-refractivity contribution >= 4 is 39.7 Å². The largest absolute Gasteiger partial charge is 0.507 e. The number of ether oxygens (including phenoxy) is 2. The number of anilines is 1. The van der Waals surface area contributed by atoms with Gasteiger partial charge in [0.05, 0.1) is 28.8 Å². The standard InChI is InChI=1S/C31H32N2O6S/c1-16(2)11-12-38-23-8-6-7-20(15-23)26-25(27(35)21-9-10-24-22(14-21)13-17(3)39-24)28(36)30(37)33(26)31-32-18(4)29(40-31)19(5)34/h6-10,14-17,26,35H,11-13H2,1-5H3/b27-25+. The fraction of sp³-hybridized carbons (Fsp3) is 0.355. The number of aliphatic hydroxyl groups is 1. The Morgan fingerprint density at radius 2 is 2.00 bits per heavy atom. The van der Waals surface area contributed by atoms with Crippen molar-refractivity contribution in [1.82, 2.24) is 4.98 Å². The molecule has 2 aliphatic heterocycles. The van der Waals surface area contributed by atoms with Crippen molar-refractivity contribution in [2.45, 2.75) is 59.6 Å². The number of rotatable bonds is 8. The molecule has 1 N–H and O–H groups in total. The van der Waals surface area contributed by atoms with Crippen LogP contribution in [-0.4, -0.2) is 40.3 Å². The number of aryl methyl sites for hydroxylation is 1. The molecule has 1 aromatic heterocycles. The number of ketones is 2. The molecule has 0 saturated carbocycles. The molecule has 3 aromatic rings. The third-order valence-corrected chi connectivity index (χ3v) is 8.32. The van der Waals surface area contributed by atoms with E-state index in [1.807, 2.05) is 13.0 Å². The summed E-state index contributed by atoms with van der Waals surface area (Å²) >= 11 is 1.06. The first-order chi connectivity index (χ1) is 19.0. The summed E-state index contributed by atoms with van der Waals surface area (Å²) in [6, 6.07) is 11.5. The van der Waals surface area contributed by atoms with E-state index < -0.39 is 17.7 Å². The van der Waals surface area contributed by atoms with E-state index in [1.165, 1.54) is 11.8 Å². The van der Waals surface area contributed by atoms with Gasteiger partial charge in [0.25, 0.3) is 5.78 Å². The molecule has 8 nitrogen and oxygen atoms in total. The third-order valence-electron chi connectivity index (χ3n) is 7.06. The van der Waals surface area contributed by atoms with E-state index in [0.717, 1.165) is 29.1 Å². The zero-order valence-electron chi connectivity index (χ0n) is 23.2. The number of hydrogen-bond acceptors (Lipinski definition) is 8. The summed E-state index contributed by atoms with van der Waals surface area (Å²) in [5, 5.41) is 11.8. The van der Waals surface area contributed by atoms with Crippen LogP contribution in [0, 0.1) is 12.8 Å². The van der Waals surface area contributed by atoms with Crippen molar-refractivity contribution in [3.8, 4) is 11.5 Å². The van der Waals surface area contributed by atoms with Gasteiger partial charge in [0.15, 0.2) is 10.9 Å². The molecule has 0 aliphatic carbocycles. The number of aliphatic hydroxyl groups excluding tert-OH is 1. The number of carbonyl (C=O) groups excluding carboxylic acids is 3. The van der Waals surface area contributed by atoms with Crippen LogP contribution in [0.4, 0.5) is 5.13 Å². The lowest BCUT2D eigenvalue weighted by Gasteiger charge is -2.23. The summed E-state index contributed by atoms with van der Waals surface area (Å²) < 4.78 is 11.8. The molecule has 40 heavy (non-hydrogen) atoms. The van der Waals surface area contributed by atoms with Crippen molar-refractivity contribution < 1.29 is 29.0 Å². The number of aromatic nitrogens is 1. The van der Waals surface area contributed by atoms with Crippen LogP contribution in [0.5, 0.6) is 11.5 Å². The van der Waals surface area contributed by atoms with E-state index in [0.29, 0.717) is 46.4 Å². The Morgan fingerprint density at radius 3 is 2.70 bits per heavy atom. The Bertz CT molecular complexity index is 1540. The molecule has 9 heteroatoms. The van der Waals surface area contributed by atoms with Gasteiger partial charge in [-0.2, -0.15) is 0 Å². The summed E-state index contributed by atoms with van der Waals surface area (Å²) in [4.78, 5) is 45.5. The fourth-order valence-electron chi connectivity index (χ4n) is 5.07. The molecule has 2 aliphatic rings. The maximum atomic E-state index is 13.6. The van der Waals surface area contributed by atoms with Crippen LogP contribution in [0.25, 0.3) is 5.76 Å². The fourth-order valence-corrected chi connectivity index (χ4v) is 6.06. The van der Waals surface area contributed by atoms with Crippen LogP contribution < -0.4 is 14.4 Å². The Morgan fingerprint density at radius 1 is 1.23 bits per heavy atom. The Hall–Kier alpha value is -3.98. The highest BCUT2D eigenvalue weighted by Gasteiger charge is 2.48. The number of thiazole rings is 1. The highest BCUT2D eigenvalue weighted by Crippen LogP contribution is 2.45. The van der Waals surface area contributed by atoms with Gasteiger partial charge in [-0.15, -0.1) is 0 Å². The predicted octanol–water partition coefficient (Wildman–Crippen LogP) is 6.03. The number of benzene rings is 2. The van der Waals surface area contributed by atoms with Crippen LogP contribution in [0.2, 0.25) is 0 Å². The summed E-state index contributed by atoms with van der Waals surface area (Å²) in [5.41, 5.74) is 2.35. The van der Waals surface area contributed by atoms with Crippen LogP contribution in [0.15, 0.2) is 48.0 Å². The summed E-state index contributed by atoms with van der Waals surface area (Å²) in [6.07, 6.45) is 1.56. The normalized spacial score (nSPS) is 19.7. The number of fused-ring (bicyclic) bond motifs is 1. The van der Waals surface area contributed by atoms with E-state index in [4.69, 9.17) is 9.47 Å². The smallest absolute Gasteiger partial charge is 0.301 e. The second-order valence-corrected chi connectivity index (χ2v) is 11.7. The molecule has 3 heterocycles. The number of amides is 1. The van der Waals surface area contributed by atoms with Crippen molar-refractivity contribution in [3.05, 3.63) is 75.3 Å². The monoisotopic (exact) mass is 560 g/mol. The second kappa shape index (κ2) is 10.9. The molecule has 0 bridgehead atoms. The number of Topliss-reactive ketones (excluding diaryl/α,β-unsaturated/α-hetero) is 2. The Balaban J connectivity index is 1.64. The van der Waals surface area contributed by atoms with Gasteiger partial charge in [-0.25, -0.2) is 4.98 Å². The van der Waals surface area contributed by atoms with E-state index >= 15 is 0 Å². The minimum absolute atomic E-state index is 0.0139. The van der Waals surface area contributed by atoms with E-state index in [1.54, 1.807) is 43.3 Å². The maximum absolute atomic E-state index is 13.6. The minimum atomic E-state index is -0.970. The molecule has 5 rings (SSSR count). The molecular formula is C31H32N2O6S. The lowest BCUT2D eigenvalue weighted by molar-refractivity contribution is -0.132. The second-order valence-electron chi connectivity index (χ2n) is 10.7. The first kappa shape index (κ1) is 27.6. The minimum Gasteiger partial charge on any atom is -0.507 e. The van der Waals surface area contributed by atoms with Crippen molar-refractivity contribution in [3.63, 3.8) is 0 Å². The van der Waals surface area contributed by atoms with Gasteiger partial charge in [-0.05, 0) is 67.6 Å². The molecule has 208 valence electrons. The van der Waals surface area contributed by atoms with Crippen LogP contribution in [0.1, 0.15) is 72.2 Å². The van der Waals surface area contributed by atoms with Gasteiger partial charge in [0.1, 0.15) is 23.4 Å². The van der Waals surface area contributed by atoms with Gasteiger partial charge >= 0.3 is 5.91 Å². The van der Waals surface area contributed by atoms with Gasteiger partial charge in [0, 0.05) is 18.9 Å². The molecule has 1 amide bonds. The first-order valence-corrected chi connectivity index (χ1v) is 14.2. The van der Waals surface area contributed by atoms with E-state index in [2.05, 4.69) is 18.8 Å². The maximum Gasteiger partial charge on any atom is 0.301 e. The summed E-state index contributed by atoms with van der Waals surface area (Å²) in [5.74, 6) is -0.298. The lowest BCUT2D eigenvalue weighted by Crippen LogP contribution is -2.29. The third kappa shape index (κ3) is 5.13. The quantitative estimate of drug-likeness (QED) is 0.155. The Labute approximate surface area is 237 Å². The number of carbonyl (C=O) groups is 3.